The van der Waals surface area contributed by atoms with Crippen LogP contribution in [-0.2, 0) is 9.53 Å². The molecule has 0 bridgehead atoms. The summed E-state index contributed by atoms with van der Waals surface area (Å²) in [7, 11) is 1.65. The van der Waals surface area contributed by atoms with Gasteiger partial charge >= 0.3 is 0 Å². The van der Waals surface area contributed by atoms with Gasteiger partial charge in [-0.15, -0.1) is 10.2 Å². The first-order valence-electron chi connectivity index (χ1n) is 10.4. The van der Waals surface area contributed by atoms with Crippen LogP contribution in [0.2, 0.25) is 0 Å². The number of ether oxygens (including phenoxy) is 2. The number of hydrogen-bond donors (Lipinski definition) is 1. The molecule has 2 aromatic rings. The van der Waals surface area contributed by atoms with Crippen LogP contribution in [0.1, 0.15) is 25.7 Å². The molecule has 1 aromatic carbocycles. The SMILES string of the molecule is COc1ccc(-c2ccc(N3CCC[C@H](C(=O)NC[C@@H]4CCCO4)C3)nn2)cc1. The third-order valence-electron chi connectivity index (χ3n) is 5.68. The summed E-state index contributed by atoms with van der Waals surface area (Å²) >= 11 is 0. The number of nitrogens with one attached hydrogen (secondary N) is 1. The first-order valence-corrected chi connectivity index (χ1v) is 10.4. The van der Waals surface area contributed by atoms with Crippen LogP contribution in [0.15, 0.2) is 36.4 Å². The smallest absolute Gasteiger partial charge is 0.224 e. The molecule has 1 N–H and O–H groups in total. The molecule has 0 aliphatic carbocycles. The first kappa shape index (κ1) is 19.6. The number of methoxy groups -OCH3 is 1. The quantitative estimate of drug-likeness (QED) is 0.809. The van der Waals surface area contributed by atoms with E-state index in [-0.39, 0.29) is 17.9 Å². The normalized spacial score (nSPS) is 21.8. The van der Waals surface area contributed by atoms with Crippen molar-refractivity contribution in [3.05, 3.63) is 36.4 Å². The molecule has 0 unspecified atom stereocenters. The van der Waals surface area contributed by atoms with E-state index in [1.54, 1.807) is 7.11 Å². The molecule has 2 fully saturated rings. The topological polar surface area (TPSA) is 76.6 Å². The maximum absolute atomic E-state index is 12.6. The fourth-order valence-electron chi connectivity index (χ4n) is 3.97. The molecule has 7 nitrogen and oxygen atoms in total. The lowest BCUT2D eigenvalue weighted by molar-refractivity contribution is -0.125. The maximum Gasteiger partial charge on any atom is 0.224 e. The third kappa shape index (κ3) is 4.85. The summed E-state index contributed by atoms with van der Waals surface area (Å²) in [5.41, 5.74) is 1.81. The minimum atomic E-state index is -0.0202. The molecule has 0 saturated carbocycles. The number of carbonyl (C=O) groups excluding carboxylic acids is 1. The highest BCUT2D eigenvalue weighted by Gasteiger charge is 2.27. The second-order valence-electron chi connectivity index (χ2n) is 7.67. The number of hydrogen-bond acceptors (Lipinski definition) is 6. The fraction of sp³-hybridized carbons (Fsp3) is 0.500. The molecule has 2 aliphatic rings. The van der Waals surface area contributed by atoms with Crippen molar-refractivity contribution in [2.24, 2.45) is 5.92 Å². The zero-order chi connectivity index (χ0) is 20.1. The van der Waals surface area contributed by atoms with Crippen LogP contribution < -0.4 is 15.0 Å². The van der Waals surface area contributed by atoms with Crippen molar-refractivity contribution < 1.29 is 14.3 Å². The zero-order valence-corrected chi connectivity index (χ0v) is 16.8. The predicted octanol–water partition coefficient (Wildman–Crippen LogP) is 2.66. The lowest BCUT2D eigenvalue weighted by Crippen LogP contribution is -2.45. The molecule has 2 aliphatic heterocycles. The van der Waals surface area contributed by atoms with Gasteiger partial charge in [0.25, 0.3) is 0 Å². The third-order valence-corrected chi connectivity index (χ3v) is 5.68. The van der Waals surface area contributed by atoms with E-state index in [4.69, 9.17) is 9.47 Å². The number of benzene rings is 1. The minimum absolute atomic E-state index is 0.0202. The zero-order valence-electron chi connectivity index (χ0n) is 16.8. The van der Waals surface area contributed by atoms with Crippen LogP contribution in [-0.4, -0.2) is 55.6 Å². The van der Waals surface area contributed by atoms with Crippen LogP contribution >= 0.6 is 0 Å². The lowest BCUT2D eigenvalue weighted by atomic mass is 9.97. The molecular weight excluding hydrogens is 368 g/mol. The highest BCUT2D eigenvalue weighted by molar-refractivity contribution is 5.79. The molecule has 154 valence electrons. The van der Waals surface area contributed by atoms with Crippen LogP contribution in [0.4, 0.5) is 5.82 Å². The van der Waals surface area contributed by atoms with Gasteiger partial charge in [-0.2, -0.15) is 0 Å². The molecule has 29 heavy (non-hydrogen) atoms. The van der Waals surface area contributed by atoms with Crippen molar-refractivity contribution in [1.29, 1.82) is 0 Å². The fourth-order valence-corrected chi connectivity index (χ4v) is 3.97. The molecule has 2 atom stereocenters. The number of piperidine rings is 1. The standard InChI is InChI=1S/C22H28N4O3/c1-28-18-8-6-16(7-9-18)20-10-11-21(25-24-20)26-12-2-4-17(15-26)22(27)23-14-19-5-3-13-29-19/h6-11,17,19H,2-5,12-15H2,1H3,(H,23,27)/t17-,19-/m0/s1. The number of rotatable bonds is 6. The Bertz CT molecular complexity index is 804. The average molecular weight is 396 g/mol. The van der Waals surface area contributed by atoms with Gasteiger partial charge in [-0.1, -0.05) is 0 Å². The van der Waals surface area contributed by atoms with Crippen molar-refractivity contribution in [2.75, 3.05) is 38.3 Å². The van der Waals surface area contributed by atoms with E-state index in [1.165, 1.54) is 0 Å². The summed E-state index contributed by atoms with van der Waals surface area (Å²) in [4.78, 5) is 14.7. The van der Waals surface area contributed by atoms with Crippen LogP contribution in [0, 0.1) is 5.92 Å². The lowest BCUT2D eigenvalue weighted by Gasteiger charge is -2.32. The van der Waals surface area contributed by atoms with Crippen LogP contribution in [0.3, 0.4) is 0 Å². The van der Waals surface area contributed by atoms with Gasteiger partial charge in [0, 0.05) is 31.8 Å². The maximum atomic E-state index is 12.6. The molecular formula is C22H28N4O3. The predicted molar refractivity (Wildman–Crippen MR) is 111 cm³/mol. The summed E-state index contributed by atoms with van der Waals surface area (Å²) in [6.45, 7) is 2.99. The molecule has 7 heteroatoms. The van der Waals surface area contributed by atoms with Gasteiger partial charge in [-0.3, -0.25) is 4.79 Å². The van der Waals surface area contributed by atoms with E-state index in [0.717, 1.165) is 61.7 Å². The van der Waals surface area contributed by atoms with Crippen molar-refractivity contribution in [3.63, 3.8) is 0 Å². The minimum Gasteiger partial charge on any atom is -0.497 e. The van der Waals surface area contributed by atoms with Crippen molar-refractivity contribution in [2.45, 2.75) is 31.8 Å². The van der Waals surface area contributed by atoms with E-state index in [9.17, 15) is 4.79 Å². The van der Waals surface area contributed by atoms with E-state index in [2.05, 4.69) is 20.4 Å². The van der Waals surface area contributed by atoms with Gasteiger partial charge in [-0.05, 0) is 62.1 Å². The summed E-state index contributed by atoms with van der Waals surface area (Å²) < 4.78 is 10.8. The Hall–Kier alpha value is -2.67. The van der Waals surface area contributed by atoms with E-state index >= 15 is 0 Å². The van der Waals surface area contributed by atoms with Crippen LogP contribution in [0.5, 0.6) is 5.75 Å². The van der Waals surface area contributed by atoms with Crippen molar-refractivity contribution >= 4 is 11.7 Å². The van der Waals surface area contributed by atoms with E-state index in [0.29, 0.717) is 13.1 Å². The van der Waals surface area contributed by atoms with Crippen LogP contribution in [0.25, 0.3) is 11.3 Å². The number of anilines is 1. The van der Waals surface area contributed by atoms with Gasteiger partial charge in [-0.25, -0.2) is 0 Å². The highest BCUT2D eigenvalue weighted by Crippen LogP contribution is 2.24. The monoisotopic (exact) mass is 396 g/mol. The van der Waals surface area contributed by atoms with Gasteiger partial charge in [0.05, 0.1) is 24.8 Å². The number of amides is 1. The molecule has 1 amide bonds. The van der Waals surface area contributed by atoms with Crippen molar-refractivity contribution in [3.8, 4) is 17.0 Å². The largest absolute Gasteiger partial charge is 0.497 e. The first-order chi connectivity index (χ1) is 14.2. The van der Waals surface area contributed by atoms with Gasteiger partial charge in [0.1, 0.15) is 5.75 Å². The van der Waals surface area contributed by atoms with Gasteiger partial charge in [0.15, 0.2) is 5.82 Å². The number of nitrogens with zero attached hydrogens (tertiary/aromatic N) is 3. The van der Waals surface area contributed by atoms with Gasteiger partial charge < -0.3 is 19.7 Å². The average Bonchev–Trinajstić information content (AvgIpc) is 3.31. The summed E-state index contributed by atoms with van der Waals surface area (Å²) in [5.74, 6) is 1.73. The summed E-state index contributed by atoms with van der Waals surface area (Å²) in [6, 6.07) is 11.7. The summed E-state index contributed by atoms with van der Waals surface area (Å²) in [6.07, 6.45) is 4.18. The Balaban J connectivity index is 1.35. The molecule has 4 rings (SSSR count). The Labute approximate surface area is 171 Å². The van der Waals surface area contributed by atoms with E-state index < -0.39 is 0 Å². The van der Waals surface area contributed by atoms with Crippen molar-refractivity contribution in [1.82, 2.24) is 15.5 Å². The molecule has 0 radical (unpaired) electrons. The Morgan fingerprint density at radius 1 is 1.17 bits per heavy atom. The number of carbonyl (C=O) groups is 1. The molecule has 0 spiro atoms. The van der Waals surface area contributed by atoms with Gasteiger partial charge in [0.2, 0.25) is 5.91 Å². The second kappa shape index (κ2) is 9.22. The Morgan fingerprint density at radius 3 is 2.72 bits per heavy atom. The van der Waals surface area contributed by atoms with E-state index in [1.807, 2.05) is 36.4 Å². The Morgan fingerprint density at radius 2 is 2.03 bits per heavy atom. The molecule has 2 saturated heterocycles. The molecule has 3 heterocycles. The second-order valence-corrected chi connectivity index (χ2v) is 7.67. The highest BCUT2D eigenvalue weighted by atomic mass is 16.5. The summed E-state index contributed by atoms with van der Waals surface area (Å²) in [5, 5.41) is 11.9. The molecule has 1 aromatic heterocycles. The number of aromatic nitrogens is 2. The Kier molecular flexibility index (Phi) is 6.24.